The molecule has 0 bridgehead atoms. The highest BCUT2D eigenvalue weighted by Gasteiger charge is 2.26. The first-order valence-corrected chi connectivity index (χ1v) is 9.50. The fraction of sp³-hybridized carbons (Fsp3) is 0.625. The third-order valence-corrected chi connectivity index (χ3v) is 4.37. The van der Waals surface area contributed by atoms with Crippen LogP contribution in [0.3, 0.4) is 0 Å². The van der Waals surface area contributed by atoms with Crippen molar-refractivity contribution in [2.45, 2.75) is 45.6 Å². The zero-order valence-corrected chi connectivity index (χ0v) is 13.9. The fourth-order valence-corrected chi connectivity index (χ4v) is 3.56. The van der Waals surface area contributed by atoms with E-state index in [0.29, 0.717) is 11.8 Å². The maximum Gasteiger partial charge on any atom is 0.306 e. The molecule has 0 saturated heterocycles. The van der Waals surface area contributed by atoms with Crippen molar-refractivity contribution in [3.05, 3.63) is 29.3 Å². The number of hydrogen-bond acceptors (Lipinski definition) is 4. The normalized spacial score (nSPS) is 18.0. The summed E-state index contributed by atoms with van der Waals surface area (Å²) in [5.74, 6) is 0.425. The molecular formula is C16H25NO3S. The van der Waals surface area contributed by atoms with Gasteiger partial charge in [-0.25, -0.2) is 0 Å². The summed E-state index contributed by atoms with van der Waals surface area (Å²) in [6.45, 7) is 6.67. The van der Waals surface area contributed by atoms with E-state index in [0.717, 1.165) is 45.0 Å². The van der Waals surface area contributed by atoms with Crippen molar-refractivity contribution < 1.29 is 12.6 Å². The van der Waals surface area contributed by atoms with E-state index in [4.69, 9.17) is 4.18 Å². The van der Waals surface area contributed by atoms with E-state index in [1.54, 1.807) is 6.07 Å². The predicted molar refractivity (Wildman–Crippen MR) is 85.3 cm³/mol. The van der Waals surface area contributed by atoms with Gasteiger partial charge in [-0.3, -0.25) is 4.90 Å². The number of rotatable bonds is 7. The maximum atomic E-state index is 11.2. The first kappa shape index (κ1) is 16.3. The molecule has 0 saturated carbocycles. The van der Waals surface area contributed by atoms with Gasteiger partial charge in [-0.2, -0.15) is 8.42 Å². The average Bonchev–Trinajstić information content (AvgIpc) is 2.79. The van der Waals surface area contributed by atoms with Gasteiger partial charge in [-0.1, -0.05) is 19.9 Å². The highest BCUT2D eigenvalue weighted by atomic mass is 32.2. The highest BCUT2D eigenvalue weighted by Crippen LogP contribution is 2.29. The number of benzene rings is 1. The van der Waals surface area contributed by atoms with Crippen molar-refractivity contribution in [2.24, 2.45) is 0 Å². The summed E-state index contributed by atoms with van der Waals surface area (Å²) in [5.41, 5.74) is 2.54. The summed E-state index contributed by atoms with van der Waals surface area (Å²) in [5, 5.41) is 0. The average molecular weight is 311 g/mol. The standard InChI is InChI=1S/C16H25NO3S/c1-4-8-17(9-5-2)15-10-13-6-7-16(12-14(13)11-15)20-21(3,18)19/h6-7,12,15H,4-5,8-11H2,1-3H3. The molecule has 0 N–H and O–H groups in total. The van der Waals surface area contributed by atoms with Crippen molar-refractivity contribution in [3.63, 3.8) is 0 Å². The van der Waals surface area contributed by atoms with E-state index < -0.39 is 10.1 Å². The Morgan fingerprint density at radius 1 is 1.14 bits per heavy atom. The van der Waals surface area contributed by atoms with Crippen molar-refractivity contribution in [1.29, 1.82) is 0 Å². The molecule has 0 spiro atoms. The van der Waals surface area contributed by atoms with E-state index in [9.17, 15) is 8.42 Å². The molecule has 1 atom stereocenters. The van der Waals surface area contributed by atoms with Crippen LogP contribution >= 0.6 is 0 Å². The monoisotopic (exact) mass is 311 g/mol. The van der Waals surface area contributed by atoms with E-state index in [1.165, 1.54) is 11.1 Å². The Bertz CT molecular complexity index is 577. The Balaban J connectivity index is 2.11. The van der Waals surface area contributed by atoms with Crippen LogP contribution < -0.4 is 4.18 Å². The zero-order chi connectivity index (χ0) is 15.5. The van der Waals surface area contributed by atoms with Gasteiger partial charge in [0.15, 0.2) is 0 Å². The second-order valence-corrected chi connectivity index (χ2v) is 7.39. The minimum Gasteiger partial charge on any atom is -0.383 e. The van der Waals surface area contributed by atoms with E-state index >= 15 is 0 Å². The van der Waals surface area contributed by atoms with Crippen molar-refractivity contribution >= 4 is 10.1 Å². The minimum absolute atomic E-state index is 0.425. The Morgan fingerprint density at radius 3 is 2.33 bits per heavy atom. The lowest BCUT2D eigenvalue weighted by Crippen LogP contribution is -2.37. The second kappa shape index (κ2) is 6.79. The van der Waals surface area contributed by atoms with Crippen LogP contribution in [0.25, 0.3) is 0 Å². The molecule has 1 aromatic carbocycles. The molecule has 5 heteroatoms. The third-order valence-electron chi connectivity index (χ3n) is 3.87. The first-order valence-electron chi connectivity index (χ1n) is 7.68. The van der Waals surface area contributed by atoms with Gasteiger partial charge in [0, 0.05) is 6.04 Å². The molecule has 1 aromatic rings. The van der Waals surface area contributed by atoms with Crippen LogP contribution in [-0.4, -0.2) is 38.7 Å². The third kappa shape index (κ3) is 4.45. The molecule has 21 heavy (non-hydrogen) atoms. The van der Waals surface area contributed by atoms with Crippen LogP contribution in [-0.2, 0) is 23.0 Å². The summed E-state index contributed by atoms with van der Waals surface area (Å²) < 4.78 is 27.4. The van der Waals surface area contributed by atoms with Crippen LogP contribution in [0.4, 0.5) is 0 Å². The van der Waals surface area contributed by atoms with Crippen LogP contribution in [0, 0.1) is 0 Å². The Labute approximate surface area is 128 Å². The van der Waals surface area contributed by atoms with Gasteiger partial charge >= 0.3 is 10.1 Å². The summed E-state index contributed by atoms with van der Waals surface area (Å²) in [4.78, 5) is 2.55. The van der Waals surface area contributed by atoms with Gasteiger partial charge < -0.3 is 4.18 Å². The summed E-state index contributed by atoms with van der Waals surface area (Å²) in [6, 6.07) is 6.18. The molecule has 1 aliphatic rings. The molecule has 118 valence electrons. The molecule has 2 rings (SSSR count). The molecule has 0 radical (unpaired) electrons. The molecule has 1 unspecified atom stereocenters. The van der Waals surface area contributed by atoms with Crippen molar-refractivity contribution in [2.75, 3.05) is 19.3 Å². The van der Waals surface area contributed by atoms with Gasteiger partial charge in [0.05, 0.1) is 6.26 Å². The number of fused-ring (bicyclic) bond motifs is 1. The molecule has 0 amide bonds. The topological polar surface area (TPSA) is 46.6 Å². The molecule has 0 aromatic heterocycles. The summed E-state index contributed by atoms with van der Waals surface area (Å²) >= 11 is 0. The molecule has 0 heterocycles. The Hall–Kier alpha value is -1.07. The van der Waals surface area contributed by atoms with Crippen molar-refractivity contribution in [3.8, 4) is 5.75 Å². The molecule has 1 aliphatic carbocycles. The van der Waals surface area contributed by atoms with Gasteiger partial charge in [0.2, 0.25) is 0 Å². The van der Waals surface area contributed by atoms with Crippen LogP contribution in [0.15, 0.2) is 18.2 Å². The molecule has 4 nitrogen and oxygen atoms in total. The van der Waals surface area contributed by atoms with E-state index in [-0.39, 0.29) is 0 Å². The maximum absolute atomic E-state index is 11.2. The number of hydrogen-bond donors (Lipinski definition) is 0. The molecular weight excluding hydrogens is 286 g/mol. The minimum atomic E-state index is -3.45. The number of nitrogens with zero attached hydrogens (tertiary/aromatic N) is 1. The van der Waals surface area contributed by atoms with E-state index in [2.05, 4.69) is 18.7 Å². The highest BCUT2D eigenvalue weighted by molar-refractivity contribution is 7.86. The summed E-state index contributed by atoms with van der Waals surface area (Å²) in [6.07, 6.45) is 5.43. The lowest BCUT2D eigenvalue weighted by atomic mass is 10.1. The molecule has 0 fully saturated rings. The van der Waals surface area contributed by atoms with E-state index in [1.807, 2.05) is 12.1 Å². The Morgan fingerprint density at radius 2 is 1.76 bits per heavy atom. The SMILES string of the molecule is CCCN(CCC)C1Cc2ccc(OS(C)(=O)=O)cc2C1. The van der Waals surface area contributed by atoms with Gasteiger partial charge in [-0.15, -0.1) is 0 Å². The van der Waals surface area contributed by atoms with Crippen LogP contribution in [0.1, 0.15) is 37.8 Å². The lowest BCUT2D eigenvalue weighted by Gasteiger charge is -2.27. The summed E-state index contributed by atoms with van der Waals surface area (Å²) in [7, 11) is -3.45. The molecule has 0 aliphatic heterocycles. The smallest absolute Gasteiger partial charge is 0.306 e. The van der Waals surface area contributed by atoms with Crippen LogP contribution in [0.2, 0.25) is 0 Å². The first-order chi connectivity index (χ1) is 9.93. The largest absolute Gasteiger partial charge is 0.383 e. The zero-order valence-electron chi connectivity index (χ0n) is 13.1. The van der Waals surface area contributed by atoms with Gasteiger partial charge in [-0.05, 0) is 62.0 Å². The Kier molecular flexibility index (Phi) is 5.27. The van der Waals surface area contributed by atoms with Crippen LogP contribution in [0.5, 0.6) is 5.75 Å². The van der Waals surface area contributed by atoms with Crippen molar-refractivity contribution in [1.82, 2.24) is 4.90 Å². The predicted octanol–water partition coefficient (Wildman–Crippen LogP) is 2.61. The second-order valence-electron chi connectivity index (χ2n) is 5.82. The van der Waals surface area contributed by atoms with Gasteiger partial charge in [0.25, 0.3) is 0 Å². The fourth-order valence-electron chi connectivity index (χ4n) is 3.11. The lowest BCUT2D eigenvalue weighted by molar-refractivity contribution is 0.202. The quantitative estimate of drug-likeness (QED) is 0.726. The van der Waals surface area contributed by atoms with Gasteiger partial charge in [0.1, 0.15) is 5.75 Å².